The van der Waals surface area contributed by atoms with Crippen LogP contribution in [0.4, 0.5) is 4.39 Å². The lowest BCUT2D eigenvalue weighted by molar-refractivity contribution is 0.602. The molecule has 2 aromatic rings. The van der Waals surface area contributed by atoms with E-state index in [1.807, 2.05) is 19.1 Å². The summed E-state index contributed by atoms with van der Waals surface area (Å²) >= 11 is 0. The fraction of sp³-hybridized carbons (Fsp3) is 0.250. The van der Waals surface area contributed by atoms with Gasteiger partial charge in [0.15, 0.2) is 0 Å². The maximum Gasteiger partial charge on any atom is 0.252 e. The van der Waals surface area contributed by atoms with Crippen LogP contribution >= 0.6 is 0 Å². The van der Waals surface area contributed by atoms with Crippen LogP contribution in [0.1, 0.15) is 18.3 Å². The van der Waals surface area contributed by atoms with Crippen LogP contribution in [0.5, 0.6) is 0 Å². The first-order valence-electron chi connectivity index (χ1n) is 5.56. The lowest BCUT2D eigenvalue weighted by Gasteiger charge is -2.10. The van der Waals surface area contributed by atoms with E-state index in [0.717, 1.165) is 12.1 Å². The second-order valence-electron chi connectivity index (χ2n) is 3.65. The van der Waals surface area contributed by atoms with Crippen molar-refractivity contribution in [1.82, 2.24) is 20.1 Å². The number of nitrogens with one attached hydrogen (secondary N) is 1. The highest BCUT2D eigenvalue weighted by Gasteiger charge is 2.12. The van der Waals surface area contributed by atoms with Gasteiger partial charge in [-0.25, -0.2) is 14.1 Å². The molecule has 0 aliphatic heterocycles. The molecule has 1 aromatic heterocycles. The number of para-hydroxylation sites is 1. The number of hydrogen-bond acceptors (Lipinski definition) is 4. The van der Waals surface area contributed by atoms with Gasteiger partial charge in [0.05, 0.1) is 0 Å². The molecule has 0 saturated heterocycles. The van der Waals surface area contributed by atoms with E-state index >= 15 is 0 Å². The largest absolute Gasteiger partial charge is 0.313 e. The molecule has 0 bridgehead atoms. The Labute approximate surface area is 104 Å². The summed E-state index contributed by atoms with van der Waals surface area (Å²) in [4.78, 5) is 3.78. The van der Waals surface area contributed by atoms with Gasteiger partial charge in [-0.15, -0.1) is 5.10 Å². The number of rotatable bonds is 4. The first kappa shape index (κ1) is 12.2. The SMILES string of the molecule is CCNCc1cccc(F)c1-n1cnc(C#N)n1. The number of nitrogens with zero attached hydrogens (tertiary/aromatic N) is 4. The van der Waals surface area contributed by atoms with Crippen molar-refractivity contribution in [2.75, 3.05) is 6.54 Å². The normalized spacial score (nSPS) is 10.3. The van der Waals surface area contributed by atoms with Gasteiger partial charge in [-0.2, -0.15) is 5.26 Å². The molecule has 2 rings (SSSR count). The fourth-order valence-corrected chi connectivity index (χ4v) is 1.64. The summed E-state index contributed by atoms with van der Waals surface area (Å²) in [6.07, 6.45) is 1.34. The molecule has 0 unspecified atom stereocenters. The number of nitriles is 1. The van der Waals surface area contributed by atoms with Gasteiger partial charge < -0.3 is 5.32 Å². The third kappa shape index (κ3) is 2.36. The minimum Gasteiger partial charge on any atom is -0.313 e. The summed E-state index contributed by atoms with van der Waals surface area (Å²) < 4.78 is 15.2. The molecule has 0 aliphatic rings. The average Bonchev–Trinajstić information content (AvgIpc) is 2.84. The lowest BCUT2D eigenvalue weighted by atomic mass is 10.1. The zero-order valence-electron chi connectivity index (χ0n) is 9.89. The predicted octanol–water partition coefficient (Wildman–Crippen LogP) is 1.39. The molecule has 18 heavy (non-hydrogen) atoms. The molecule has 0 amide bonds. The molecule has 5 nitrogen and oxygen atoms in total. The van der Waals surface area contributed by atoms with E-state index in [4.69, 9.17) is 5.26 Å². The van der Waals surface area contributed by atoms with Crippen molar-refractivity contribution >= 4 is 0 Å². The van der Waals surface area contributed by atoms with Gasteiger partial charge in [0.2, 0.25) is 0 Å². The van der Waals surface area contributed by atoms with Gasteiger partial charge in [0, 0.05) is 6.54 Å². The van der Waals surface area contributed by atoms with Gasteiger partial charge in [-0.05, 0) is 18.2 Å². The smallest absolute Gasteiger partial charge is 0.252 e. The van der Waals surface area contributed by atoms with Crippen LogP contribution in [0.15, 0.2) is 24.5 Å². The standard InChI is InChI=1S/C12H12FN5/c1-2-15-7-9-4-3-5-10(13)12(9)18-8-16-11(6-14)17-18/h3-5,8,15H,2,7H2,1H3. The van der Waals surface area contributed by atoms with Gasteiger partial charge in [0.1, 0.15) is 23.9 Å². The molecule has 6 heteroatoms. The number of benzene rings is 1. The molecule has 1 heterocycles. The molecule has 0 aliphatic carbocycles. The second kappa shape index (κ2) is 5.38. The maximum atomic E-state index is 13.9. The Morgan fingerprint density at radius 3 is 3.00 bits per heavy atom. The Morgan fingerprint density at radius 2 is 2.33 bits per heavy atom. The second-order valence-corrected chi connectivity index (χ2v) is 3.65. The van der Waals surface area contributed by atoms with Crippen molar-refractivity contribution in [2.24, 2.45) is 0 Å². The summed E-state index contributed by atoms with van der Waals surface area (Å²) in [6.45, 7) is 3.30. The third-order valence-electron chi connectivity index (χ3n) is 2.46. The number of aromatic nitrogens is 3. The Morgan fingerprint density at radius 1 is 1.50 bits per heavy atom. The first-order valence-corrected chi connectivity index (χ1v) is 5.56. The first-order chi connectivity index (χ1) is 8.76. The Kier molecular flexibility index (Phi) is 3.65. The predicted molar refractivity (Wildman–Crippen MR) is 63.4 cm³/mol. The van der Waals surface area contributed by atoms with E-state index < -0.39 is 0 Å². The highest BCUT2D eigenvalue weighted by atomic mass is 19.1. The molecule has 0 atom stereocenters. The van der Waals surface area contributed by atoms with Crippen molar-refractivity contribution in [2.45, 2.75) is 13.5 Å². The fourth-order valence-electron chi connectivity index (χ4n) is 1.64. The van der Waals surface area contributed by atoms with Gasteiger partial charge in [-0.3, -0.25) is 0 Å². The average molecular weight is 245 g/mol. The minimum absolute atomic E-state index is 0.0210. The van der Waals surface area contributed by atoms with Crippen molar-refractivity contribution in [3.8, 4) is 11.8 Å². The van der Waals surface area contributed by atoms with Gasteiger partial charge in [0.25, 0.3) is 5.82 Å². The van der Waals surface area contributed by atoms with Crippen LogP contribution in [-0.4, -0.2) is 21.3 Å². The summed E-state index contributed by atoms with van der Waals surface area (Å²) in [5, 5.41) is 15.7. The Hall–Kier alpha value is -2.26. The highest BCUT2D eigenvalue weighted by Crippen LogP contribution is 2.17. The molecule has 0 radical (unpaired) electrons. The minimum atomic E-state index is -0.389. The van der Waals surface area contributed by atoms with Crippen molar-refractivity contribution in [3.63, 3.8) is 0 Å². The van der Waals surface area contributed by atoms with E-state index in [1.54, 1.807) is 6.07 Å². The van der Waals surface area contributed by atoms with Crippen molar-refractivity contribution in [3.05, 3.63) is 41.7 Å². The van der Waals surface area contributed by atoms with Crippen LogP contribution in [0.25, 0.3) is 5.69 Å². The molecule has 1 N–H and O–H groups in total. The zero-order chi connectivity index (χ0) is 13.0. The topological polar surface area (TPSA) is 66.5 Å². The van der Waals surface area contributed by atoms with E-state index in [2.05, 4.69) is 15.4 Å². The molecule has 0 fully saturated rings. The van der Waals surface area contributed by atoms with Gasteiger partial charge >= 0.3 is 0 Å². The Bertz CT molecular complexity index is 584. The molecular formula is C12H12FN5. The van der Waals surface area contributed by atoms with E-state index in [9.17, 15) is 4.39 Å². The van der Waals surface area contributed by atoms with Crippen LogP contribution in [-0.2, 0) is 6.54 Å². The van der Waals surface area contributed by atoms with Crippen molar-refractivity contribution in [1.29, 1.82) is 5.26 Å². The monoisotopic (exact) mass is 245 g/mol. The summed E-state index contributed by atoms with van der Waals surface area (Å²) in [7, 11) is 0. The molecule has 0 spiro atoms. The van der Waals surface area contributed by atoms with E-state index in [1.165, 1.54) is 17.1 Å². The Balaban J connectivity index is 2.44. The maximum absolute atomic E-state index is 13.9. The lowest BCUT2D eigenvalue weighted by Crippen LogP contribution is -2.15. The number of halogens is 1. The molecule has 92 valence electrons. The quantitative estimate of drug-likeness (QED) is 0.883. The third-order valence-corrected chi connectivity index (χ3v) is 2.46. The highest BCUT2D eigenvalue weighted by molar-refractivity contribution is 5.41. The van der Waals surface area contributed by atoms with Crippen LogP contribution in [0, 0.1) is 17.1 Å². The van der Waals surface area contributed by atoms with Gasteiger partial charge in [-0.1, -0.05) is 19.1 Å². The molecule has 1 aromatic carbocycles. The zero-order valence-corrected chi connectivity index (χ0v) is 9.89. The summed E-state index contributed by atoms with van der Waals surface area (Å²) in [6, 6.07) is 6.64. The van der Waals surface area contributed by atoms with E-state index in [-0.39, 0.29) is 11.6 Å². The summed E-state index contributed by atoms with van der Waals surface area (Å²) in [5.41, 5.74) is 1.10. The van der Waals surface area contributed by atoms with E-state index in [0.29, 0.717) is 12.2 Å². The molecule has 0 saturated carbocycles. The van der Waals surface area contributed by atoms with Crippen LogP contribution < -0.4 is 5.32 Å². The van der Waals surface area contributed by atoms with Crippen LogP contribution in [0.2, 0.25) is 0 Å². The number of hydrogen-bond donors (Lipinski definition) is 1. The van der Waals surface area contributed by atoms with Crippen molar-refractivity contribution < 1.29 is 4.39 Å². The molecular weight excluding hydrogens is 233 g/mol. The summed E-state index contributed by atoms with van der Waals surface area (Å²) in [5.74, 6) is -0.368. The van der Waals surface area contributed by atoms with Crippen LogP contribution in [0.3, 0.4) is 0 Å².